The Hall–Kier alpha value is -1.36. The number of nitrogens with one attached hydrogen (secondary N) is 1. The summed E-state index contributed by atoms with van der Waals surface area (Å²) in [5.74, 6) is 2.97. The zero-order valence-corrected chi connectivity index (χ0v) is 13.9. The summed E-state index contributed by atoms with van der Waals surface area (Å²) in [5, 5.41) is 3.08. The average Bonchev–Trinajstić information content (AvgIpc) is 3.26. The standard InChI is InChI=1S/C16H28N4O/c1-11(2)20(12(3)4)8-9-21-15-10-14(17-5)18-16(19-15)13-6-7-13/h10-13H,6-9H2,1-5H3,(H,17,18,19). The molecule has 1 N–H and O–H groups in total. The van der Waals surface area contributed by atoms with Crippen molar-refractivity contribution in [2.75, 3.05) is 25.5 Å². The molecule has 0 radical (unpaired) electrons. The first kappa shape index (κ1) is 16.0. The van der Waals surface area contributed by atoms with Gasteiger partial charge in [0.15, 0.2) is 0 Å². The van der Waals surface area contributed by atoms with Crippen LogP contribution in [0.4, 0.5) is 5.82 Å². The molecule has 1 aliphatic rings. The highest BCUT2D eigenvalue weighted by Crippen LogP contribution is 2.39. The number of anilines is 1. The Morgan fingerprint density at radius 1 is 1.24 bits per heavy atom. The molecule has 0 saturated heterocycles. The van der Waals surface area contributed by atoms with Gasteiger partial charge < -0.3 is 10.1 Å². The Balaban J connectivity index is 1.94. The second-order valence-corrected chi connectivity index (χ2v) is 6.25. The molecule has 0 bridgehead atoms. The van der Waals surface area contributed by atoms with Crippen LogP contribution in [0.1, 0.15) is 52.3 Å². The molecule has 1 fully saturated rings. The predicted octanol–water partition coefficient (Wildman–Crippen LogP) is 2.89. The lowest BCUT2D eigenvalue weighted by Gasteiger charge is -2.30. The molecule has 0 aromatic carbocycles. The molecular formula is C16H28N4O. The smallest absolute Gasteiger partial charge is 0.218 e. The minimum Gasteiger partial charge on any atom is -0.476 e. The van der Waals surface area contributed by atoms with Gasteiger partial charge in [-0.15, -0.1) is 0 Å². The highest BCUT2D eigenvalue weighted by Gasteiger charge is 2.27. The summed E-state index contributed by atoms with van der Waals surface area (Å²) in [5.41, 5.74) is 0. The lowest BCUT2D eigenvalue weighted by Crippen LogP contribution is -2.39. The van der Waals surface area contributed by atoms with E-state index in [0.29, 0.717) is 30.5 Å². The van der Waals surface area contributed by atoms with Gasteiger partial charge in [0, 0.05) is 37.7 Å². The monoisotopic (exact) mass is 292 g/mol. The summed E-state index contributed by atoms with van der Waals surface area (Å²) < 4.78 is 5.87. The van der Waals surface area contributed by atoms with Crippen molar-refractivity contribution in [3.05, 3.63) is 11.9 Å². The molecule has 0 unspecified atom stereocenters. The third kappa shape index (κ3) is 4.56. The molecule has 1 aliphatic carbocycles. The van der Waals surface area contributed by atoms with E-state index in [9.17, 15) is 0 Å². The van der Waals surface area contributed by atoms with E-state index in [1.807, 2.05) is 13.1 Å². The highest BCUT2D eigenvalue weighted by atomic mass is 16.5. The van der Waals surface area contributed by atoms with Crippen molar-refractivity contribution in [1.82, 2.24) is 14.9 Å². The minimum atomic E-state index is 0.522. The summed E-state index contributed by atoms with van der Waals surface area (Å²) >= 11 is 0. The quantitative estimate of drug-likeness (QED) is 0.798. The first-order valence-corrected chi connectivity index (χ1v) is 7.96. The first-order valence-electron chi connectivity index (χ1n) is 7.96. The van der Waals surface area contributed by atoms with Crippen LogP contribution < -0.4 is 10.1 Å². The molecule has 2 rings (SSSR count). The summed E-state index contributed by atoms with van der Waals surface area (Å²) in [6, 6.07) is 2.92. The summed E-state index contributed by atoms with van der Waals surface area (Å²) in [6.07, 6.45) is 2.39. The van der Waals surface area contributed by atoms with Gasteiger partial charge in [-0.2, -0.15) is 4.98 Å². The SMILES string of the molecule is CNc1cc(OCCN(C(C)C)C(C)C)nc(C2CC2)n1. The van der Waals surface area contributed by atoms with E-state index in [1.165, 1.54) is 12.8 Å². The van der Waals surface area contributed by atoms with Gasteiger partial charge in [-0.05, 0) is 40.5 Å². The predicted molar refractivity (Wildman–Crippen MR) is 86.0 cm³/mol. The lowest BCUT2D eigenvalue weighted by atomic mass is 10.2. The first-order chi connectivity index (χ1) is 10.0. The van der Waals surface area contributed by atoms with E-state index in [1.54, 1.807) is 0 Å². The number of ether oxygens (including phenoxy) is 1. The van der Waals surface area contributed by atoms with Gasteiger partial charge >= 0.3 is 0 Å². The van der Waals surface area contributed by atoms with Crippen LogP contribution in [0, 0.1) is 0 Å². The van der Waals surface area contributed by atoms with Crippen molar-refractivity contribution >= 4 is 5.82 Å². The number of rotatable bonds is 8. The fourth-order valence-electron chi connectivity index (χ4n) is 2.54. The third-order valence-electron chi connectivity index (χ3n) is 3.84. The van der Waals surface area contributed by atoms with Crippen molar-refractivity contribution in [2.24, 2.45) is 0 Å². The van der Waals surface area contributed by atoms with E-state index >= 15 is 0 Å². The highest BCUT2D eigenvalue weighted by molar-refractivity contribution is 5.38. The molecule has 1 saturated carbocycles. The second kappa shape index (κ2) is 7.07. The van der Waals surface area contributed by atoms with Gasteiger partial charge in [0.25, 0.3) is 0 Å². The van der Waals surface area contributed by atoms with Crippen molar-refractivity contribution in [1.29, 1.82) is 0 Å². The molecule has 0 spiro atoms. The zero-order chi connectivity index (χ0) is 15.4. The Labute approximate surface area is 128 Å². The molecule has 5 heteroatoms. The van der Waals surface area contributed by atoms with E-state index in [-0.39, 0.29) is 0 Å². The minimum absolute atomic E-state index is 0.522. The Bertz CT molecular complexity index is 450. The Morgan fingerprint density at radius 2 is 1.90 bits per heavy atom. The van der Waals surface area contributed by atoms with Gasteiger partial charge in [-0.1, -0.05) is 0 Å². The number of hydrogen-bond acceptors (Lipinski definition) is 5. The fraction of sp³-hybridized carbons (Fsp3) is 0.750. The van der Waals surface area contributed by atoms with E-state index in [2.05, 4.69) is 47.9 Å². The molecule has 21 heavy (non-hydrogen) atoms. The van der Waals surface area contributed by atoms with E-state index in [0.717, 1.165) is 18.2 Å². The maximum Gasteiger partial charge on any atom is 0.218 e. The summed E-state index contributed by atoms with van der Waals surface area (Å²) in [7, 11) is 1.88. The fourth-order valence-corrected chi connectivity index (χ4v) is 2.54. The van der Waals surface area contributed by atoms with Gasteiger partial charge in [-0.3, -0.25) is 4.90 Å². The van der Waals surface area contributed by atoms with Crippen LogP contribution in [0.5, 0.6) is 5.88 Å². The second-order valence-electron chi connectivity index (χ2n) is 6.25. The molecule has 1 heterocycles. The molecule has 0 atom stereocenters. The average molecular weight is 292 g/mol. The van der Waals surface area contributed by atoms with Crippen molar-refractivity contribution in [3.8, 4) is 5.88 Å². The number of nitrogens with zero attached hydrogens (tertiary/aromatic N) is 3. The van der Waals surface area contributed by atoms with Gasteiger partial charge in [0.1, 0.15) is 18.2 Å². The summed E-state index contributed by atoms with van der Waals surface area (Å²) in [6.45, 7) is 10.4. The molecule has 5 nitrogen and oxygen atoms in total. The van der Waals surface area contributed by atoms with Crippen LogP contribution in [0.3, 0.4) is 0 Å². The lowest BCUT2D eigenvalue weighted by molar-refractivity contribution is 0.140. The Morgan fingerprint density at radius 3 is 2.43 bits per heavy atom. The molecule has 0 amide bonds. The molecule has 0 aliphatic heterocycles. The zero-order valence-electron chi connectivity index (χ0n) is 13.9. The molecular weight excluding hydrogens is 264 g/mol. The van der Waals surface area contributed by atoms with Crippen molar-refractivity contribution in [3.63, 3.8) is 0 Å². The van der Waals surface area contributed by atoms with Crippen LogP contribution in [0.15, 0.2) is 6.07 Å². The van der Waals surface area contributed by atoms with Crippen molar-refractivity contribution < 1.29 is 4.74 Å². The van der Waals surface area contributed by atoms with Crippen LogP contribution in [0.25, 0.3) is 0 Å². The summed E-state index contributed by atoms with van der Waals surface area (Å²) in [4.78, 5) is 11.5. The van der Waals surface area contributed by atoms with Crippen molar-refractivity contribution in [2.45, 2.75) is 58.5 Å². The van der Waals surface area contributed by atoms with Gasteiger partial charge in [0.2, 0.25) is 5.88 Å². The van der Waals surface area contributed by atoms with Crippen LogP contribution >= 0.6 is 0 Å². The Kier molecular flexibility index (Phi) is 5.39. The molecule has 118 valence electrons. The van der Waals surface area contributed by atoms with Gasteiger partial charge in [0.05, 0.1) is 0 Å². The largest absolute Gasteiger partial charge is 0.476 e. The van der Waals surface area contributed by atoms with E-state index in [4.69, 9.17) is 4.74 Å². The maximum absolute atomic E-state index is 5.87. The van der Waals surface area contributed by atoms with Crippen LogP contribution in [-0.2, 0) is 0 Å². The third-order valence-corrected chi connectivity index (χ3v) is 3.84. The normalized spacial score (nSPS) is 15.0. The van der Waals surface area contributed by atoms with Crippen LogP contribution in [0.2, 0.25) is 0 Å². The molecule has 1 aromatic rings. The maximum atomic E-state index is 5.87. The van der Waals surface area contributed by atoms with Crippen LogP contribution in [-0.4, -0.2) is 47.2 Å². The topological polar surface area (TPSA) is 50.3 Å². The number of hydrogen-bond donors (Lipinski definition) is 1. The van der Waals surface area contributed by atoms with E-state index < -0.39 is 0 Å². The molecule has 1 aromatic heterocycles. The number of aromatic nitrogens is 2. The van der Waals surface area contributed by atoms with Gasteiger partial charge in [-0.25, -0.2) is 4.98 Å².